The van der Waals surface area contributed by atoms with Crippen molar-refractivity contribution in [1.29, 1.82) is 0 Å². The van der Waals surface area contributed by atoms with Gasteiger partial charge in [0.1, 0.15) is 11.4 Å². The van der Waals surface area contributed by atoms with Crippen molar-refractivity contribution in [2.75, 3.05) is 6.61 Å². The van der Waals surface area contributed by atoms with Crippen molar-refractivity contribution in [1.82, 2.24) is 24.5 Å². The Labute approximate surface area is 192 Å². The number of rotatable bonds is 11. The van der Waals surface area contributed by atoms with Crippen molar-refractivity contribution in [3.05, 3.63) is 74.8 Å². The summed E-state index contributed by atoms with van der Waals surface area (Å²) in [4.78, 5) is 25.1. The van der Waals surface area contributed by atoms with Crippen LogP contribution in [0.2, 0.25) is 0 Å². The first-order valence-corrected chi connectivity index (χ1v) is 10.8. The average Bonchev–Trinajstić information content (AvgIpc) is 3.22. The van der Waals surface area contributed by atoms with Gasteiger partial charge in [-0.2, -0.15) is 13.2 Å². The summed E-state index contributed by atoms with van der Waals surface area (Å²) < 4.78 is 45.2. The summed E-state index contributed by atoms with van der Waals surface area (Å²) in [5.74, 6) is 0.0120. The van der Waals surface area contributed by atoms with E-state index in [-0.39, 0.29) is 18.7 Å². The highest BCUT2D eigenvalue weighted by Crippen LogP contribution is 2.30. The molecule has 9 nitrogen and oxygen atoms in total. The van der Waals surface area contributed by atoms with Gasteiger partial charge < -0.3 is 14.4 Å². The molecular formula is C22H26F3N5O4. The molecule has 0 aliphatic carbocycles. The van der Waals surface area contributed by atoms with Crippen LogP contribution in [0.5, 0.6) is 5.75 Å². The molecule has 2 N–H and O–H groups in total. The number of hydrogen-bond acceptors (Lipinski definition) is 6. The van der Waals surface area contributed by atoms with Gasteiger partial charge in [-0.05, 0) is 43.4 Å². The van der Waals surface area contributed by atoms with E-state index < -0.39 is 29.6 Å². The van der Waals surface area contributed by atoms with Gasteiger partial charge in [-0.15, -0.1) is 5.10 Å². The molecule has 1 atom stereocenters. The van der Waals surface area contributed by atoms with Crippen LogP contribution in [0.3, 0.4) is 0 Å². The number of nitrogens with one attached hydrogen (secondary N) is 1. The fraction of sp³-hybridized carbons (Fsp3) is 0.455. The molecule has 2 heterocycles. The Morgan fingerprint density at radius 2 is 1.97 bits per heavy atom. The topological polar surface area (TPSA) is 115 Å². The highest BCUT2D eigenvalue weighted by molar-refractivity contribution is 5.32. The van der Waals surface area contributed by atoms with E-state index in [1.165, 1.54) is 35.0 Å². The summed E-state index contributed by atoms with van der Waals surface area (Å²) in [6.07, 6.45) is 0.798. The van der Waals surface area contributed by atoms with Crippen LogP contribution in [0, 0.1) is 0 Å². The van der Waals surface area contributed by atoms with Crippen molar-refractivity contribution in [3.8, 4) is 5.75 Å². The zero-order valence-corrected chi connectivity index (χ0v) is 18.6. The summed E-state index contributed by atoms with van der Waals surface area (Å²) in [7, 11) is 0. The minimum Gasteiger partial charge on any atom is -0.484 e. The van der Waals surface area contributed by atoms with Crippen LogP contribution in [0.1, 0.15) is 37.4 Å². The lowest BCUT2D eigenvalue weighted by Gasteiger charge is -2.28. The zero-order valence-electron chi connectivity index (χ0n) is 18.6. The molecule has 3 rings (SSSR count). The normalized spacial score (nSPS) is 13.6. The van der Waals surface area contributed by atoms with Gasteiger partial charge in [0.2, 0.25) is 0 Å². The molecule has 0 aliphatic heterocycles. The molecule has 2 aromatic heterocycles. The highest BCUT2D eigenvalue weighted by atomic mass is 19.4. The van der Waals surface area contributed by atoms with Crippen molar-refractivity contribution in [3.63, 3.8) is 0 Å². The van der Waals surface area contributed by atoms with Gasteiger partial charge in [0.25, 0.3) is 5.56 Å². The Bertz CT molecular complexity index is 1200. The third-order valence-corrected chi connectivity index (χ3v) is 5.45. The standard InChI is InChI=1S/C22H26F3N5O4/c1-2-21(33,16-6-5-8-18(12-16)34-15-22(23,24)25)14-30-17(13-26-28-30)7-3-4-10-29-11-9-19(31)27-20(29)32/h5-6,8-9,11-13,33H,2-4,7,10,14-15H2,1H3,(H,27,31,32)/t21-/m1/s1. The molecule has 1 aromatic carbocycles. The van der Waals surface area contributed by atoms with Gasteiger partial charge in [0, 0.05) is 18.8 Å². The lowest BCUT2D eigenvalue weighted by molar-refractivity contribution is -0.153. The van der Waals surface area contributed by atoms with Crippen LogP contribution in [-0.2, 0) is 25.1 Å². The molecule has 0 fully saturated rings. The summed E-state index contributed by atoms with van der Waals surface area (Å²) in [6, 6.07) is 7.24. The van der Waals surface area contributed by atoms with Crippen LogP contribution in [0.4, 0.5) is 13.2 Å². The van der Waals surface area contributed by atoms with Crippen molar-refractivity contribution in [2.24, 2.45) is 0 Å². The van der Waals surface area contributed by atoms with Crippen molar-refractivity contribution in [2.45, 2.75) is 57.5 Å². The lowest BCUT2D eigenvalue weighted by atomic mass is 9.90. The third kappa shape index (κ3) is 6.80. The van der Waals surface area contributed by atoms with E-state index in [0.717, 1.165) is 5.69 Å². The molecule has 12 heteroatoms. The Hall–Kier alpha value is -3.41. The number of aromatic nitrogens is 5. The number of halogens is 3. The van der Waals surface area contributed by atoms with Crippen LogP contribution in [0.15, 0.2) is 52.3 Å². The van der Waals surface area contributed by atoms with Crippen molar-refractivity contribution < 1.29 is 23.0 Å². The Morgan fingerprint density at radius 1 is 1.18 bits per heavy atom. The largest absolute Gasteiger partial charge is 0.484 e. The molecule has 0 aliphatic rings. The Balaban J connectivity index is 1.64. The number of ether oxygens (including phenoxy) is 1. The van der Waals surface area contributed by atoms with Crippen LogP contribution < -0.4 is 16.0 Å². The second kappa shape index (κ2) is 10.7. The second-order valence-corrected chi connectivity index (χ2v) is 7.96. The third-order valence-electron chi connectivity index (χ3n) is 5.45. The molecule has 3 aromatic rings. The van der Waals surface area contributed by atoms with Gasteiger partial charge >= 0.3 is 11.9 Å². The number of hydrogen-bond donors (Lipinski definition) is 2. The molecule has 184 valence electrons. The van der Waals surface area contributed by atoms with E-state index in [9.17, 15) is 27.9 Å². The van der Waals surface area contributed by atoms with Crippen LogP contribution in [-0.4, -0.2) is 42.4 Å². The van der Waals surface area contributed by atoms with E-state index in [2.05, 4.69) is 15.3 Å². The maximum absolute atomic E-state index is 12.5. The monoisotopic (exact) mass is 481 g/mol. The molecule has 0 amide bonds. The summed E-state index contributed by atoms with van der Waals surface area (Å²) >= 11 is 0. The summed E-state index contributed by atoms with van der Waals surface area (Å²) in [6.45, 7) is 0.836. The number of H-pyrrole nitrogens is 1. The molecule has 34 heavy (non-hydrogen) atoms. The predicted molar refractivity (Wildman–Crippen MR) is 116 cm³/mol. The predicted octanol–water partition coefficient (Wildman–Crippen LogP) is 2.39. The fourth-order valence-corrected chi connectivity index (χ4v) is 3.51. The number of aliphatic hydroxyl groups is 1. The smallest absolute Gasteiger partial charge is 0.422 e. The van der Waals surface area contributed by atoms with E-state index in [4.69, 9.17) is 4.74 Å². The maximum atomic E-state index is 12.5. The van der Waals surface area contributed by atoms with Gasteiger partial charge in [0.15, 0.2) is 6.61 Å². The minimum absolute atomic E-state index is 0.0120. The number of unbranched alkanes of at least 4 members (excludes halogenated alkanes) is 1. The van der Waals surface area contributed by atoms with Gasteiger partial charge in [-0.25, -0.2) is 9.48 Å². The first kappa shape index (κ1) is 25.2. The zero-order chi connectivity index (χ0) is 24.8. The molecule has 0 unspecified atom stereocenters. The molecule has 0 spiro atoms. The van der Waals surface area contributed by atoms with Gasteiger partial charge in [-0.1, -0.05) is 24.3 Å². The fourth-order valence-electron chi connectivity index (χ4n) is 3.51. The van der Waals surface area contributed by atoms with E-state index in [1.54, 1.807) is 23.9 Å². The van der Waals surface area contributed by atoms with E-state index in [0.29, 0.717) is 31.4 Å². The SMILES string of the molecule is CC[C@@](O)(Cn1nncc1CCCCn1ccc(=O)[nH]c1=O)c1cccc(OCC(F)(F)F)c1. The molecule has 0 saturated carbocycles. The van der Waals surface area contributed by atoms with Gasteiger partial charge in [0.05, 0.1) is 18.4 Å². The van der Waals surface area contributed by atoms with E-state index in [1.807, 2.05) is 0 Å². The second-order valence-electron chi connectivity index (χ2n) is 7.96. The van der Waals surface area contributed by atoms with Gasteiger partial charge in [-0.3, -0.25) is 9.78 Å². The molecule has 0 bridgehead atoms. The molecular weight excluding hydrogens is 455 g/mol. The molecule has 0 radical (unpaired) electrons. The van der Waals surface area contributed by atoms with Crippen molar-refractivity contribution >= 4 is 0 Å². The summed E-state index contributed by atoms with van der Waals surface area (Å²) in [5, 5.41) is 19.3. The van der Waals surface area contributed by atoms with E-state index >= 15 is 0 Å². The maximum Gasteiger partial charge on any atom is 0.422 e. The molecule has 0 saturated heterocycles. The number of aryl methyl sites for hydroxylation is 2. The lowest BCUT2D eigenvalue weighted by Crippen LogP contribution is -2.32. The van der Waals surface area contributed by atoms with Crippen LogP contribution in [0.25, 0.3) is 0 Å². The van der Waals surface area contributed by atoms with Crippen LogP contribution >= 0.6 is 0 Å². The number of alkyl halides is 3. The minimum atomic E-state index is -4.46. The Morgan fingerprint density at radius 3 is 2.68 bits per heavy atom. The average molecular weight is 481 g/mol. The first-order chi connectivity index (χ1) is 16.1. The number of aromatic amines is 1. The first-order valence-electron chi connectivity index (χ1n) is 10.8. The Kier molecular flexibility index (Phi) is 7.92. The highest BCUT2D eigenvalue weighted by Gasteiger charge is 2.31. The quantitative estimate of drug-likeness (QED) is 0.407. The number of benzene rings is 1. The number of nitrogens with zero attached hydrogens (tertiary/aromatic N) is 4. The summed E-state index contributed by atoms with van der Waals surface area (Å²) in [5.41, 5.74) is -1.13.